The number of hydrogen-bond acceptors (Lipinski definition) is 1. The lowest BCUT2D eigenvalue weighted by molar-refractivity contribution is -0.920. The highest BCUT2D eigenvalue weighted by Gasteiger charge is 2.33. The monoisotopic (exact) mass is 476 g/mol. The molecule has 2 aromatic rings. The zero-order valence-corrected chi connectivity index (χ0v) is 18.9. The lowest BCUT2D eigenvalue weighted by atomic mass is 9.96. The molecule has 1 saturated heterocycles. The van der Waals surface area contributed by atoms with Crippen LogP contribution in [0.5, 0.6) is 0 Å². The van der Waals surface area contributed by atoms with E-state index in [0.29, 0.717) is 6.04 Å². The summed E-state index contributed by atoms with van der Waals surface area (Å²) in [6, 6.07) is 21.5. The predicted octanol–water partition coefficient (Wildman–Crippen LogP) is 1.68. The summed E-state index contributed by atoms with van der Waals surface area (Å²) in [4.78, 5) is 2.70. The second-order valence-corrected chi connectivity index (χ2v) is 8.80. The maximum Gasteiger partial charge on any atom is 0.0903 e. The zero-order chi connectivity index (χ0) is 18.0. The molecule has 1 heterocycles. The van der Waals surface area contributed by atoms with Crippen LogP contribution in [0.1, 0.15) is 36.8 Å². The number of quaternary nitrogens is 1. The third kappa shape index (κ3) is 4.68. The molecular weight excluding hydrogens is 443 g/mol. The van der Waals surface area contributed by atoms with Crippen molar-refractivity contribution in [2.45, 2.75) is 50.6 Å². The van der Waals surface area contributed by atoms with E-state index in [0.717, 1.165) is 6.04 Å². The first-order valence-corrected chi connectivity index (χ1v) is 10.3. The standard InChI is InChI=1S/C24H33N2.HI/c1-26(2)17-9-8-14-24(26)15-16-25(22-12-4-3-5-13-22)23-18-20-10-6-7-11-21(20)19-23;/h3-7,10-13,23-24H,8-9,14-19H2,1-2H3;1H/q+1;/p-1. The number of likely N-dealkylation sites (tertiary alicyclic amines) is 1. The highest BCUT2D eigenvalue weighted by molar-refractivity contribution is 5.49. The number of halogens is 1. The van der Waals surface area contributed by atoms with E-state index in [4.69, 9.17) is 0 Å². The average Bonchev–Trinajstić information content (AvgIpc) is 3.07. The van der Waals surface area contributed by atoms with Crippen molar-refractivity contribution in [3.05, 3.63) is 65.7 Å². The Morgan fingerprint density at radius 2 is 1.52 bits per heavy atom. The maximum absolute atomic E-state index is 2.70. The molecule has 27 heavy (non-hydrogen) atoms. The molecule has 1 aliphatic carbocycles. The Labute approximate surface area is 182 Å². The summed E-state index contributed by atoms with van der Waals surface area (Å²) in [7, 11) is 4.87. The fourth-order valence-electron chi connectivity index (χ4n) is 5.11. The Morgan fingerprint density at radius 3 is 2.15 bits per heavy atom. The van der Waals surface area contributed by atoms with Crippen LogP contribution in [0.4, 0.5) is 5.69 Å². The first-order valence-electron chi connectivity index (χ1n) is 10.3. The zero-order valence-electron chi connectivity index (χ0n) is 16.8. The molecule has 0 bridgehead atoms. The Morgan fingerprint density at radius 1 is 0.889 bits per heavy atom. The third-order valence-corrected chi connectivity index (χ3v) is 6.77. The summed E-state index contributed by atoms with van der Waals surface area (Å²) in [5.74, 6) is 0. The van der Waals surface area contributed by atoms with Crippen LogP contribution in [0.2, 0.25) is 0 Å². The molecule has 0 radical (unpaired) electrons. The molecule has 1 aliphatic heterocycles. The Balaban J connectivity index is 0.00000210. The molecular formula is C24H33IN2. The minimum atomic E-state index is 0. The van der Waals surface area contributed by atoms with E-state index in [9.17, 15) is 0 Å². The normalized spacial score (nSPS) is 21.3. The van der Waals surface area contributed by atoms with Gasteiger partial charge in [0.1, 0.15) is 0 Å². The second-order valence-electron chi connectivity index (χ2n) is 8.80. The van der Waals surface area contributed by atoms with E-state index in [2.05, 4.69) is 73.6 Å². The molecule has 0 spiro atoms. The molecule has 4 rings (SSSR count). The van der Waals surface area contributed by atoms with Crippen molar-refractivity contribution in [1.82, 2.24) is 0 Å². The number of rotatable bonds is 5. The van der Waals surface area contributed by atoms with Gasteiger partial charge in [0.05, 0.1) is 26.7 Å². The number of benzene rings is 2. The van der Waals surface area contributed by atoms with Gasteiger partial charge in [0, 0.05) is 24.7 Å². The highest BCUT2D eigenvalue weighted by atomic mass is 127. The maximum atomic E-state index is 2.70. The number of fused-ring (bicyclic) bond motifs is 1. The minimum Gasteiger partial charge on any atom is -1.00 e. The van der Waals surface area contributed by atoms with E-state index >= 15 is 0 Å². The Kier molecular flexibility index (Phi) is 6.85. The van der Waals surface area contributed by atoms with Crippen molar-refractivity contribution in [3.8, 4) is 0 Å². The molecule has 1 unspecified atom stereocenters. The van der Waals surface area contributed by atoms with Gasteiger partial charge in [-0.3, -0.25) is 0 Å². The molecule has 0 N–H and O–H groups in total. The fraction of sp³-hybridized carbons (Fsp3) is 0.500. The van der Waals surface area contributed by atoms with Crippen LogP contribution in [0, 0.1) is 0 Å². The van der Waals surface area contributed by atoms with Gasteiger partial charge < -0.3 is 33.4 Å². The van der Waals surface area contributed by atoms with Gasteiger partial charge in [-0.05, 0) is 55.4 Å². The average molecular weight is 476 g/mol. The van der Waals surface area contributed by atoms with Crippen LogP contribution >= 0.6 is 0 Å². The van der Waals surface area contributed by atoms with Crippen molar-refractivity contribution in [3.63, 3.8) is 0 Å². The van der Waals surface area contributed by atoms with Gasteiger partial charge in [-0.15, -0.1) is 0 Å². The number of nitrogens with zero attached hydrogens (tertiary/aromatic N) is 2. The lowest BCUT2D eigenvalue weighted by Crippen LogP contribution is -3.00. The largest absolute Gasteiger partial charge is 1.00 e. The summed E-state index contributed by atoms with van der Waals surface area (Å²) < 4.78 is 1.20. The van der Waals surface area contributed by atoms with Crippen molar-refractivity contribution in [1.29, 1.82) is 0 Å². The summed E-state index contributed by atoms with van der Waals surface area (Å²) in [6.45, 7) is 2.51. The molecule has 2 nitrogen and oxygen atoms in total. The van der Waals surface area contributed by atoms with Crippen molar-refractivity contribution < 1.29 is 28.5 Å². The molecule has 1 fully saturated rings. The number of hydrogen-bond donors (Lipinski definition) is 0. The van der Waals surface area contributed by atoms with Gasteiger partial charge in [0.25, 0.3) is 0 Å². The lowest BCUT2D eigenvalue weighted by Gasteiger charge is -2.43. The smallest absolute Gasteiger partial charge is 0.0903 e. The topological polar surface area (TPSA) is 3.24 Å². The van der Waals surface area contributed by atoms with Gasteiger partial charge in [0.15, 0.2) is 0 Å². The molecule has 2 aromatic carbocycles. The molecule has 0 saturated carbocycles. The van der Waals surface area contributed by atoms with Gasteiger partial charge in [-0.1, -0.05) is 42.5 Å². The van der Waals surface area contributed by atoms with E-state index in [-0.39, 0.29) is 24.0 Å². The van der Waals surface area contributed by atoms with Crippen LogP contribution in [0.15, 0.2) is 54.6 Å². The van der Waals surface area contributed by atoms with Crippen molar-refractivity contribution in [2.75, 3.05) is 32.1 Å². The number of anilines is 1. The quantitative estimate of drug-likeness (QED) is 0.469. The van der Waals surface area contributed by atoms with E-state index in [1.165, 1.54) is 61.8 Å². The van der Waals surface area contributed by atoms with Crippen molar-refractivity contribution >= 4 is 5.69 Å². The van der Waals surface area contributed by atoms with Crippen LogP contribution < -0.4 is 28.9 Å². The summed E-state index contributed by atoms with van der Waals surface area (Å²) in [5, 5.41) is 0. The first kappa shape index (κ1) is 20.7. The summed E-state index contributed by atoms with van der Waals surface area (Å²) >= 11 is 0. The first-order chi connectivity index (χ1) is 12.6. The highest BCUT2D eigenvalue weighted by Crippen LogP contribution is 2.31. The summed E-state index contributed by atoms with van der Waals surface area (Å²) in [6.07, 6.45) is 7.87. The molecule has 146 valence electrons. The molecule has 0 aromatic heterocycles. The van der Waals surface area contributed by atoms with Crippen LogP contribution in [-0.2, 0) is 12.8 Å². The van der Waals surface area contributed by atoms with E-state index in [1.807, 2.05) is 0 Å². The van der Waals surface area contributed by atoms with E-state index in [1.54, 1.807) is 11.1 Å². The molecule has 0 amide bonds. The Hall–Kier alpha value is -1.07. The van der Waals surface area contributed by atoms with Crippen LogP contribution in [0.25, 0.3) is 0 Å². The van der Waals surface area contributed by atoms with Crippen LogP contribution in [-0.4, -0.2) is 43.8 Å². The van der Waals surface area contributed by atoms with Crippen molar-refractivity contribution in [2.24, 2.45) is 0 Å². The Bertz CT molecular complexity index is 703. The molecule has 1 atom stereocenters. The van der Waals surface area contributed by atoms with Gasteiger partial charge in [-0.2, -0.15) is 0 Å². The molecule has 3 heteroatoms. The number of piperidine rings is 1. The van der Waals surface area contributed by atoms with Gasteiger partial charge >= 0.3 is 0 Å². The van der Waals surface area contributed by atoms with Crippen LogP contribution in [0.3, 0.4) is 0 Å². The van der Waals surface area contributed by atoms with Gasteiger partial charge in [-0.25, -0.2) is 0 Å². The molecule has 2 aliphatic rings. The second kappa shape index (κ2) is 8.95. The summed E-state index contributed by atoms with van der Waals surface area (Å²) in [5.41, 5.74) is 4.49. The van der Waals surface area contributed by atoms with Gasteiger partial charge in [0.2, 0.25) is 0 Å². The fourth-order valence-corrected chi connectivity index (χ4v) is 5.11. The SMILES string of the molecule is C[N+]1(C)CCCCC1CCN(c1ccccc1)C1Cc2ccccc2C1.[I-]. The number of para-hydroxylation sites is 1. The minimum absolute atomic E-state index is 0. The third-order valence-electron chi connectivity index (χ3n) is 6.77. The van der Waals surface area contributed by atoms with E-state index < -0.39 is 0 Å². The predicted molar refractivity (Wildman–Crippen MR) is 111 cm³/mol.